The predicted octanol–water partition coefficient (Wildman–Crippen LogP) is 3.02. The Bertz CT molecular complexity index is 854. The first-order valence-corrected chi connectivity index (χ1v) is 10.7. The molecular weight excluding hydrogens is 374 g/mol. The summed E-state index contributed by atoms with van der Waals surface area (Å²) in [6, 6.07) is 7.35. The third-order valence-electron chi connectivity index (χ3n) is 5.24. The average molecular weight is 400 g/mol. The molecule has 1 amide bonds. The van der Waals surface area contributed by atoms with Crippen molar-refractivity contribution in [1.82, 2.24) is 14.8 Å². The first-order valence-electron chi connectivity index (χ1n) is 9.90. The summed E-state index contributed by atoms with van der Waals surface area (Å²) in [5.74, 6) is 1.10. The molecule has 4 rings (SSSR count). The largest absolute Gasteiger partial charge is 0.494 e. The molecule has 6 nitrogen and oxygen atoms in total. The van der Waals surface area contributed by atoms with Gasteiger partial charge < -0.3 is 9.64 Å². The third kappa shape index (κ3) is 4.10. The highest BCUT2D eigenvalue weighted by atomic mass is 32.1. The molecule has 2 heterocycles. The second-order valence-corrected chi connectivity index (χ2v) is 8.27. The van der Waals surface area contributed by atoms with Crippen LogP contribution in [0.25, 0.3) is 0 Å². The minimum atomic E-state index is 0.0676. The number of ketones is 1. The Kier molecular flexibility index (Phi) is 5.73. The van der Waals surface area contributed by atoms with Crippen molar-refractivity contribution in [3.05, 3.63) is 45.4 Å². The van der Waals surface area contributed by atoms with Crippen molar-refractivity contribution in [2.75, 3.05) is 32.8 Å². The van der Waals surface area contributed by atoms with Gasteiger partial charge in [-0.3, -0.25) is 14.5 Å². The zero-order valence-corrected chi connectivity index (χ0v) is 17.0. The second kappa shape index (κ2) is 8.41. The summed E-state index contributed by atoms with van der Waals surface area (Å²) in [5, 5.41) is 1.02. The number of thiazole rings is 1. The number of aromatic nitrogens is 1. The van der Waals surface area contributed by atoms with Gasteiger partial charge in [0.1, 0.15) is 10.8 Å². The predicted molar refractivity (Wildman–Crippen MR) is 108 cm³/mol. The summed E-state index contributed by atoms with van der Waals surface area (Å²) >= 11 is 1.55. The number of benzene rings is 1. The number of fused-ring (bicyclic) bond motifs is 1. The van der Waals surface area contributed by atoms with Crippen LogP contribution in [0.15, 0.2) is 24.3 Å². The molecule has 0 bridgehead atoms. The first kappa shape index (κ1) is 19.1. The van der Waals surface area contributed by atoms with Crippen LogP contribution in [0, 0.1) is 0 Å². The minimum Gasteiger partial charge on any atom is -0.494 e. The average Bonchev–Trinajstić information content (AvgIpc) is 3.13. The van der Waals surface area contributed by atoms with E-state index in [1.54, 1.807) is 11.3 Å². The molecule has 1 saturated heterocycles. The zero-order chi connectivity index (χ0) is 19.5. The number of carbonyl (C=O) groups excluding carboxylic acids is 2. The Labute approximate surface area is 169 Å². The van der Waals surface area contributed by atoms with E-state index in [0.717, 1.165) is 53.8 Å². The lowest BCUT2D eigenvalue weighted by Crippen LogP contribution is -2.48. The van der Waals surface area contributed by atoms with Crippen LogP contribution in [0.1, 0.15) is 50.5 Å². The van der Waals surface area contributed by atoms with Gasteiger partial charge in [-0.1, -0.05) is 0 Å². The van der Waals surface area contributed by atoms with Gasteiger partial charge in [-0.2, -0.15) is 0 Å². The maximum Gasteiger partial charge on any atom is 0.253 e. The summed E-state index contributed by atoms with van der Waals surface area (Å²) in [4.78, 5) is 34.5. The van der Waals surface area contributed by atoms with Gasteiger partial charge in [-0.05, 0) is 44.0 Å². The van der Waals surface area contributed by atoms with Crippen LogP contribution >= 0.6 is 11.3 Å². The van der Waals surface area contributed by atoms with Crippen LogP contribution in [-0.4, -0.2) is 59.3 Å². The lowest BCUT2D eigenvalue weighted by Gasteiger charge is -2.34. The Morgan fingerprint density at radius 1 is 1.14 bits per heavy atom. The molecule has 0 N–H and O–H groups in total. The minimum absolute atomic E-state index is 0.0676. The number of ether oxygens (including phenoxy) is 1. The number of amides is 1. The molecule has 1 aliphatic carbocycles. The van der Waals surface area contributed by atoms with E-state index in [1.165, 1.54) is 0 Å². The molecule has 0 atom stereocenters. The van der Waals surface area contributed by atoms with Crippen molar-refractivity contribution in [2.45, 2.75) is 32.7 Å². The number of Topliss-reactive ketones (excluding diaryl/α,β-unsaturated/α-hetero) is 1. The maximum absolute atomic E-state index is 12.7. The molecule has 0 spiro atoms. The highest BCUT2D eigenvalue weighted by Gasteiger charge is 2.25. The van der Waals surface area contributed by atoms with Crippen molar-refractivity contribution in [1.29, 1.82) is 0 Å². The first-order chi connectivity index (χ1) is 13.6. The lowest BCUT2D eigenvalue weighted by molar-refractivity contribution is 0.0628. The summed E-state index contributed by atoms with van der Waals surface area (Å²) in [6.07, 6.45) is 2.49. The van der Waals surface area contributed by atoms with Crippen LogP contribution in [0.3, 0.4) is 0 Å². The third-order valence-corrected chi connectivity index (χ3v) is 6.37. The van der Waals surface area contributed by atoms with E-state index in [2.05, 4.69) is 9.88 Å². The maximum atomic E-state index is 12.7. The molecule has 1 aromatic heterocycles. The van der Waals surface area contributed by atoms with Crippen molar-refractivity contribution in [3.63, 3.8) is 0 Å². The van der Waals surface area contributed by atoms with Gasteiger partial charge >= 0.3 is 0 Å². The van der Waals surface area contributed by atoms with Crippen molar-refractivity contribution in [3.8, 4) is 5.75 Å². The molecule has 28 heavy (non-hydrogen) atoms. The Morgan fingerprint density at radius 3 is 2.57 bits per heavy atom. The fraction of sp³-hybridized carbons (Fsp3) is 0.476. The molecule has 0 unspecified atom stereocenters. The lowest BCUT2D eigenvalue weighted by atomic mass is 10.0. The molecule has 0 saturated carbocycles. The number of piperazine rings is 1. The SMILES string of the molecule is CCOc1ccc(C(=O)N2CCN(Cc3nc4c(s3)C(=O)CCC4)CC2)cc1. The second-order valence-electron chi connectivity index (χ2n) is 7.19. The van der Waals surface area contributed by atoms with Crippen molar-refractivity contribution in [2.24, 2.45) is 0 Å². The summed E-state index contributed by atoms with van der Waals surface area (Å²) in [7, 11) is 0. The Balaban J connectivity index is 1.32. The monoisotopic (exact) mass is 399 g/mol. The number of hydrogen-bond donors (Lipinski definition) is 0. The molecular formula is C21H25N3O3S. The molecule has 1 aromatic carbocycles. The van der Waals surface area contributed by atoms with Gasteiger partial charge in [0.25, 0.3) is 5.91 Å². The fourth-order valence-corrected chi connectivity index (χ4v) is 4.85. The van der Waals surface area contributed by atoms with E-state index < -0.39 is 0 Å². The van der Waals surface area contributed by atoms with Gasteiger partial charge in [-0.15, -0.1) is 11.3 Å². The van der Waals surface area contributed by atoms with E-state index in [4.69, 9.17) is 4.74 Å². The number of carbonyl (C=O) groups is 2. The molecule has 0 radical (unpaired) electrons. The van der Waals surface area contributed by atoms with Crippen LogP contribution in [-0.2, 0) is 13.0 Å². The van der Waals surface area contributed by atoms with Gasteiger partial charge in [0.2, 0.25) is 0 Å². The Morgan fingerprint density at radius 2 is 1.89 bits per heavy atom. The van der Waals surface area contributed by atoms with Crippen molar-refractivity contribution < 1.29 is 14.3 Å². The zero-order valence-electron chi connectivity index (χ0n) is 16.1. The van der Waals surface area contributed by atoms with E-state index >= 15 is 0 Å². The summed E-state index contributed by atoms with van der Waals surface area (Å²) < 4.78 is 5.44. The van der Waals surface area contributed by atoms with E-state index in [1.807, 2.05) is 36.1 Å². The molecule has 2 aromatic rings. The summed E-state index contributed by atoms with van der Waals surface area (Å²) in [6.45, 7) is 6.37. The van der Waals surface area contributed by atoms with E-state index in [-0.39, 0.29) is 11.7 Å². The van der Waals surface area contributed by atoms with Crippen LogP contribution in [0.2, 0.25) is 0 Å². The van der Waals surface area contributed by atoms with Crippen molar-refractivity contribution >= 4 is 23.0 Å². The smallest absolute Gasteiger partial charge is 0.253 e. The van der Waals surface area contributed by atoms with Crippen LogP contribution in [0.5, 0.6) is 5.75 Å². The normalized spacial score (nSPS) is 17.5. The number of rotatable bonds is 5. The molecule has 7 heteroatoms. The van der Waals surface area contributed by atoms with Crippen LogP contribution in [0.4, 0.5) is 0 Å². The van der Waals surface area contributed by atoms with Gasteiger partial charge in [-0.25, -0.2) is 4.98 Å². The molecule has 2 aliphatic rings. The topological polar surface area (TPSA) is 62.7 Å². The summed E-state index contributed by atoms with van der Waals surface area (Å²) in [5.41, 5.74) is 1.68. The van der Waals surface area contributed by atoms with Gasteiger partial charge in [0, 0.05) is 38.2 Å². The molecule has 148 valence electrons. The highest BCUT2D eigenvalue weighted by Crippen LogP contribution is 2.27. The molecule has 1 aliphatic heterocycles. The van der Waals surface area contributed by atoms with Gasteiger partial charge in [0.15, 0.2) is 5.78 Å². The standard InChI is InChI=1S/C21H25N3O3S/c1-2-27-16-8-6-15(7-9-16)21(26)24-12-10-23(11-13-24)14-19-22-17-4-3-5-18(25)20(17)28-19/h6-9H,2-5,10-14H2,1H3. The quantitative estimate of drug-likeness (QED) is 0.773. The number of aryl methyl sites for hydroxylation is 1. The fourth-order valence-electron chi connectivity index (χ4n) is 3.73. The highest BCUT2D eigenvalue weighted by molar-refractivity contribution is 7.13. The Hall–Kier alpha value is -2.25. The molecule has 1 fully saturated rings. The van der Waals surface area contributed by atoms with E-state index in [0.29, 0.717) is 31.7 Å². The van der Waals surface area contributed by atoms with E-state index in [9.17, 15) is 9.59 Å². The number of hydrogen-bond acceptors (Lipinski definition) is 6. The van der Waals surface area contributed by atoms with Gasteiger partial charge in [0.05, 0.1) is 23.7 Å². The van der Waals surface area contributed by atoms with Crippen LogP contribution < -0.4 is 4.74 Å². The number of nitrogens with zero attached hydrogens (tertiary/aromatic N) is 3.